The molecule has 0 unspecified atom stereocenters. The van der Waals surface area contributed by atoms with Gasteiger partial charge in [-0.2, -0.15) is 0 Å². The van der Waals surface area contributed by atoms with Crippen molar-refractivity contribution in [3.8, 4) is 0 Å². The Kier molecular flexibility index (Phi) is 4.57. The van der Waals surface area contributed by atoms with E-state index in [0.717, 1.165) is 10.0 Å². The largest absolute Gasteiger partial charge is 0.354 e. The first-order chi connectivity index (χ1) is 11.1. The molecule has 6 nitrogen and oxygen atoms in total. The molecule has 0 fully saturated rings. The van der Waals surface area contributed by atoms with Crippen molar-refractivity contribution in [2.24, 2.45) is 0 Å². The van der Waals surface area contributed by atoms with Gasteiger partial charge < -0.3 is 5.32 Å². The van der Waals surface area contributed by atoms with Gasteiger partial charge in [-0.3, -0.25) is 9.20 Å². The summed E-state index contributed by atoms with van der Waals surface area (Å²) in [5.74, 6) is -0.0795. The zero-order valence-corrected chi connectivity index (χ0v) is 13.9. The summed E-state index contributed by atoms with van der Waals surface area (Å²) in [4.78, 5) is 24.0. The summed E-state index contributed by atoms with van der Waals surface area (Å²) in [7, 11) is 0. The maximum atomic E-state index is 12.1. The number of pyridine rings is 1. The van der Waals surface area contributed by atoms with Gasteiger partial charge in [0, 0.05) is 17.2 Å². The lowest BCUT2D eigenvalue weighted by Crippen LogP contribution is -2.32. The van der Waals surface area contributed by atoms with Gasteiger partial charge in [-0.05, 0) is 29.8 Å². The Hall–Kier alpha value is -2.41. The number of fused-ring (bicyclic) bond motifs is 1. The van der Waals surface area contributed by atoms with Crippen LogP contribution in [-0.2, 0) is 17.8 Å². The summed E-state index contributed by atoms with van der Waals surface area (Å²) in [6.07, 6.45) is 1.99. The predicted molar refractivity (Wildman–Crippen MR) is 90.3 cm³/mol. The fourth-order valence-electron chi connectivity index (χ4n) is 2.27. The first-order valence-electron chi connectivity index (χ1n) is 7.19. The van der Waals surface area contributed by atoms with Crippen LogP contribution >= 0.6 is 15.9 Å². The van der Waals surface area contributed by atoms with Gasteiger partial charge in [0.2, 0.25) is 5.91 Å². The van der Waals surface area contributed by atoms with E-state index in [-0.39, 0.29) is 11.6 Å². The molecule has 1 amide bonds. The molecule has 0 aliphatic carbocycles. The van der Waals surface area contributed by atoms with Gasteiger partial charge in [0.25, 0.3) is 0 Å². The predicted octanol–water partition coefficient (Wildman–Crippen LogP) is 1.62. The standard InChI is InChI=1S/C16H15BrN4O2/c17-13-6-4-12(5-7-13)11-15(22)18-8-10-21-16(23)20-9-2-1-3-14(20)19-21/h1-7,9H,8,10-11H2,(H,18,22). The van der Waals surface area contributed by atoms with Crippen LogP contribution in [0.3, 0.4) is 0 Å². The molecule has 0 radical (unpaired) electrons. The van der Waals surface area contributed by atoms with E-state index in [4.69, 9.17) is 0 Å². The minimum atomic E-state index is -0.206. The highest BCUT2D eigenvalue weighted by atomic mass is 79.9. The summed E-state index contributed by atoms with van der Waals surface area (Å²) in [6, 6.07) is 13.0. The number of aromatic nitrogens is 3. The van der Waals surface area contributed by atoms with Gasteiger partial charge in [-0.15, -0.1) is 5.10 Å². The van der Waals surface area contributed by atoms with Crippen LogP contribution in [0.2, 0.25) is 0 Å². The number of carbonyl (C=O) groups is 1. The molecule has 0 spiro atoms. The number of amides is 1. The number of halogens is 1. The Balaban J connectivity index is 1.56. The topological polar surface area (TPSA) is 68.4 Å². The van der Waals surface area contributed by atoms with E-state index in [1.54, 1.807) is 18.3 Å². The van der Waals surface area contributed by atoms with Crippen molar-refractivity contribution < 1.29 is 4.79 Å². The van der Waals surface area contributed by atoms with Crippen molar-refractivity contribution in [2.45, 2.75) is 13.0 Å². The van der Waals surface area contributed by atoms with Crippen LogP contribution in [0.15, 0.2) is 57.9 Å². The Bertz CT molecular complexity index is 883. The van der Waals surface area contributed by atoms with E-state index < -0.39 is 0 Å². The molecule has 23 heavy (non-hydrogen) atoms. The second kappa shape index (κ2) is 6.78. The normalized spacial score (nSPS) is 10.8. The first-order valence-corrected chi connectivity index (χ1v) is 7.98. The zero-order chi connectivity index (χ0) is 16.2. The molecule has 0 aliphatic heterocycles. The number of nitrogens with one attached hydrogen (secondary N) is 1. The van der Waals surface area contributed by atoms with Crippen LogP contribution < -0.4 is 11.0 Å². The second-order valence-corrected chi connectivity index (χ2v) is 6.00. The van der Waals surface area contributed by atoms with Gasteiger partial charge >= 0.3 is 5.69 Å². The lowest BCUT2D eigenvalue weighted by atomic mass is 10.1. The Morgan fingerprint density at radius 1 is 1.17 bits per heavy atom. The molecule has 0 saturated heterocycles. The van der Waals surface area contributed by atoms with Crippen molar-refractivity contribution in [2.75, 3.05) is 6.54 Å². The highest BCUT2D eigenvalue weighted by Gasteiger charge is 2.07. The van der Waals surface area contributed by atoms with Crippen molar-refractivity contribution >= 4 is 27.5 Å². The molecule has 7 heteroatoms. The molecule has 0 bridgehead atoms. The average Bonchev–Trinajstić information content (AvgIpc) is 2.86. The summed E-state index contributed by atoms with van der Waals surface area (Å²) < 4.78 is 3.81. The molecule has 118 valence electrons. The molecular formula is C16H15BrN4O2. The zero-order valence-electron chi connectivity index (χ0n) is 12.3. The number of benzene rings is 1. The third-order valence-electron chi connectivity index (χ3n) is 3.41. The molecule has 0 atom stereocenters. The van der Waals surface area contributed by atoms with E-state index in [1.807, 2.05) is 30.3 Å². The fraction of sp³-hybridized carbons (Fsp3) is 0.188. The molecule has 2 heterocycles. The SMILES string of the molecule is O=C(Cc1ccc(Br)cc1)NCCn1nc2ccccn2c1=O. The van der Waals surface area contributed by atoms with Crippen molar-refractivity contribution in [3.05, 3.63) is 69.2 Å². The third-order valence-corrected chi connectivity index (χ3v) is 3.94. The maximum Gasteiger partial charge on any atom is 0.350 e. The highest BCUT2D eigenvalue weighted by Crippen LogP contribution is 2.10. The molecule has 3 rings (SSSR count). The smallest absolute Gasteiger partial charge is 0.350 e. The second-order valence-electron chi connectivity index (χ2n) is 5.09. The maximum absolute atomic E-state index is 12.1. The summed E-state index contributed by atoms with van der Waals surface area (Å²) in [5.41, 5.74) is 1.33. The number of hydrogen-bond acceptors (Lipinski definition) is 3. The van der Waals surface area contributed by atoms with Crippen LogP contribution in [0.1, 0.15) is 5.56 Å². The van der Waals surface area contributed by atoms with Crippen LogP contribution in [-0.4, -0.2) is 26.6 Å². The molecule has 1 aromatic carbocycles. The fourth-order valence-corrected chi connectivity index (χ4v) is 2.53. The molecule has 3 aromatic rings. The Labute approximate surface area is 140 Å². The van der Waals surface area contributed by atoms with E-state index in [1.165, 1.54) is 9.08 Å². The number of carbonyl (C=O) groups excluding carboxylic acids is 1. The molecular weight excluding hydrogens is 360 g/mol. The monoisotopic (exact) mass is 374 g/mol. The molecule has 1 N–H and O–H groups in total. The lowest BCUT2D eigenvalue weighted by molar-refractivity contribution is -0.120. The van der Waals surface area contributed by atoms with Gasteiger partial charge in [0.1, 0.15) is 0 Å². The van der Waals surface area contributed by atoms with Crippen LogP contribution in [0, 0.1) is 0 Å². The van der Waals surface area contributed by atoms with Gasteiger partial charge in [0.15, 0.2) is 5.65 Å². The van der Waals surface area contributed by atoms with E-state index in [2.05, 4.69) is 26.3 Å². The van der Waals surface area contributed by atoms with Crippen LogP contribution in [0.5, 0.6) is 0 Å². The lowest BCUT2D eigenvalue weighted by Gasteiger charge is -2.05. The number of hydrogen-bond donors (Lipinski definition) is 1. The highest BCUT2D eigenvalue weighted by molar-refractivity contribution is 9.10. The van der Waals surface area contributed by atoms with Crippen molar-refractivity contribution in [1.82, 2.24) is 19.5 Å². The number of nitrogens with zero attached hydrogens (tertiary/aromatic N) is 3. The Morgan fingerprint density at radius 2 is 1.96 bits per heavy atom. The molecule has 0 saturated carbocycles. The van der Waals surface area contributed by atoms with Crippen LogP contribution in [0.4, 0.5) is 0 Å². The third kappa shape index (κ3) is 3.68. The van der Waals surface area contributed by atoms with Crippen molar-refractivity contribution in [1.29, 1.82) is 0 Å². The summed E-state index contributed by atoms with van der Waals surface area (Å²) >= 11 is 3.36. The Morgan fingerprint density at radius 3 is 2.70 bits per heavy atom. The van der Waals surface area contributed by atoms with Crippen LogP contribution in [0.25, 0.3) is 5.65 Å². The van der Waals surface area contributed by atoms with Gasteiger partial charge in [-0.25, -0.2) is 9.48 Å². The first kappa shape index (κ1) is 15.5. The summed E-state index contributed by atoms with van der Waals surface area (Å²) in [5, 5.41) is 7.02. The van der Waals surface area contributed by atoms with E-state index >= 15 is 0 Å². The van der Waals surface area contributed by atoms with Gasteiger partial charge in [-0.1, -0.05) is 34.1 Å². The quantitative estimate of drug-likeness (QED) is 0.737. The van der Waals surface area contributed by atoms with Gasteiger partial charge in [0.05, 0.1) is 13.0 Å². The average molecular weight is 375 g/mol. The summed E-state index contributed by atoms with van der Waals surface area (Å²) in [6.45, 7) is 0.700. The van der Waals surface area contributed by atoms with E-state index in [0.29, 0.717) is 25.2 Å². The molecule has 0 aliphatic rings. The van der Waals surface area contributed by atoms with E-state index in [9.17, 15) is 9.59 Å². The molecule has 2 aromatic heterocycles. The number of rotatable bonds is 5. The van der Waals surface area contributed by atoms with Crippen molar-refractivity contribution in [3.63, 3.8) is 0 Å². The minimum absolute atomic E-state index is 0.0795. The minimum Gasteiger partial charge on any atom is -0.354 e.